The zero-order valence-corrected chi connectivity index (χ0v) is 13.1. The minimum atomic E-state index is -0.645. The summed E-state index contributed by atoms with van der Waals surface area (Å²) in [6, 6.07) is 2.88. The molecule has 1 aliphatic rings. The molecule has 1 aliphatic heterocycles. The molecule has 2 heterocycles. The number of rotatable bonds is 2. The minimum absolute atomic E-state index is 0.0150. The Kier molecular flexibility index (Phi) is 3.64. The van der Waals surface area contributed by atoms with Crippen LogP contribution in [0.15, 0.2) is 23.4 Å². The maximum absolute atomic E-state index is 14.4. The lowest BCUT2D eigenvalue weighted by molar-refractivity contribution is -0.605. The molecule has 0 saturated carbocycles. The van der Waals surface area contributed by atoms with Crippen LogP contribution in [0.3, 0.4) is 0 Å². The first-order valence-corrected chi connectivity index (χ1v) is 7.22. The molecule has 4 nitrogen and oxygen atoms in total. The summed E-state index contributed by atoms with van der Waals surface area (Å²) in [4.78, 5) is 7.44. The summed E-state index contributed by atoms with van der Waals surface area (Å²) in [6.07, 6.45) is 0.978. The first-order chi connectivity index (χ1) is 10.4. The van der Waals surface area contributed by atoms with Crippen molar-refractivity contribution < 1.29 is 13.5 Å². The van der Waals surface area contributed by atoms with Crippen LogP contribution in [0.5, 0.6) is 0 Å². The van der Waals surface area contributed by atoms with Gasteiger partial charge in [0.1, 0.15) is 5.69 Å². The molecule has 0 fully saturated rings. The van der Waals surface area contributed by atoms with Crippen LogP contribution in [0.4, 0.5) is 14.5 Å². The van der Waals surface area contributed by atoms with Crippen molar-refractivity contribution in [1.29, 1.82) is 0 Å². The number of nitrogens with zero attached hydrogens (tertiary/aromatic N) is 4. The van der Waals surface area contributed by atoms with Gasteiger partial charge >= 0.3 is 0 Å². The fraction of sp³-hybridized carbons (Fsp3) is 0.333. The summed E-state index contributed by atoms with van der Waals surface area (Å²) in [5.41, 5.74) is 1.33. The second-order valence-corrected chi connectivity index (χ2v) is 5.93. The fourth-order valence-corrected chi connectivity index (χ4v) is 2.98. The van der Waals surface area contributed by atoms with Gasteiger partial charge in [0.2, 0.25) is 11.3 Å². The molecule has 2 aromatic rings. The number of halogens is 3. The molecule has 22 heavy (non-hydrogen) atoms. The highest BCUT2D eigenvalue weighted by Crippen LogP contribution is 2.42. The zero-order chi connectivity index (χ0) is 16.0. The van der Waals surface area contributed by atoms with E-state index in [2.05, 4.69) is 15.1 Å². The molecule has 1 aromatic heterocycles. The van der Waals surface area contributed by atoms with Crippen molar-refractivity contribution in [1.82, 2.24) is 9.97 Å². The maximum Gasteiger partial charge on any atom is 0.223 e. The number of fused-ring (bicyclic) bond motifs is 1. The standard InChI is InChI=1S/C15H14ClF2N4/c1-7(2)14-9-4-8(5-10(17)13(9)21-22(14)3)12-11(18)6-19-15(16)20-12/h4-7,14H,1-3H3/q+1. The molecule has 0 radical (unpaired) electrons. The highest BCUT2D eigenvalue weighted by molar-refractivity contribution is 6.28. The van der Waals surface area contributed by atoms with Gasteiger partial charge in [-0.15, -0.1) is 4.70 Å². The third-order valence-corrected chi connectivity index (χ3v) is 3.87. The Morgan fingerprint density at radius 3 is 2.64 bits per heavy atom. The van der Waals surface area contributed by atoms with Crippen molar-refractivity contribution in [2.45, 2.75) is 19.9 Å². The molecular weight excluding hydrogens is 310 g/mol. The molecule has 0 N–H and O–H groups in total. The maximum atomic E-state index is 14.4. The van der Waals surface area contributed by atoms with E-state index in [4.69, 9.17) is 11.6 Å². The normalized spacial score (nSPS) is 16.9. The predicted octanol–water partition coefficient (Wildman–Crippen LogP) is 4.51. The minimum Gasteiger partial charge on any atom is -0.223 e. The van der Waals surface area contributed by atoms with E-state index in [-0.39, 0.29) is 22.9 Å². The highest BCUT2D eigenvalue weighted by atomic mass is 35.5. The molecule has 1 atom stereocenters. The van der Waals surface area contributed by atoms with Gasteiger partial charge in [-0.1, -0.05) is 13.8 Å². The SMILES string of the molecule is CC(C)C1c2cc(-c3nc(Cl)ncc3F)cc(F)c2N=[N+]1C. The Balaban J connectivity index is 2.19. The van der Waals surface area contributed by atoms with Gasteiger partial charge in [-0.05, 0) is 28.8 Å². The van der Waals surface area contributed by atoms with Gasteiger partial charge in [-0.3, -0.25) is 0 Å². The van der Waals surface area contributed by atoms with E-state index in [0.717, 1.165) is 11.8 Å². The monoisotopic (exact) mass is 323 g/mol. The van der Waals surface area contributed by atoms with Crippen molar-refractivity contribution >= 4 is 17.3 Å². The second kappa shape index (κ2) is 5.35. The van der Waals surface area contributed by atoms with Crippen LogP contribution >= 0.6 is 11.6 Å². The van der Waals surface area contributed by atoms with Gasteiger partial charge in [0.15, 0.2) is 24.4 Å². The Morgan fingerprint density at radius 1 is 1.23 bits per heavy atom. The van der Waals surface area contributed by atoms with E-state index >= 15 is 0 Å². The van der Waals surface area contributed by atoms with Crippen molar-refractivity contribution in [3.8, 4) is 11.3 Å². The zero-order valence-electron chi connectivity index (χ0n) is 12.3. The van der Waals surface area contributed by atoms with E-state index < -0.39 is 11.6 Å². The number of hydrogen-bond donors (Lipinski definition) is 0. The molecule has 0 spiro atoms. The van der Waals surface area contributed by atoms with Crippen molar-refractivity contribution in [3.63, 3.8) is 0 Å². The van der Waals surface area contributed by atoms with E-state index in [1.54, 1.807) is 17.8 Å². The Bertz CT molecular complexity index is 789. The highest BCUT2D eigenvalue weighted by Gasteiger charge is 2.37. The van der Waals surface area contributed by atoms with Gasteiger partial charge in [0.25, 0.3) is 0 Å². The second-order valence-electron chi connectivity index (χ2n) is 5.59. The van der Waals surface area contributed by atoms with Crippen LogP contribution in [0, 0.1) is 17.6 Å². The largest absolute Gasteiger partial charge is 0.223 e. The van der Waals surface area contributed by atoms with Gasteiger partial charge in [0.05, 0.1) is 11.8 Å². The molecular formula is C15H14ClF2N4+. The molecule has 114 valence electrons. The van der Waals surface area contributed by atoms with E-state index in [9.17, 15) is 8.78 Å². The fourth-order valence-electron chi connectivity index (χ4n) is 2.85. The molecule has 3 rings (SSSR count). The number of hydrogen-bond acceptors (Lipinski definition) is 3. The Labute approximate surface area is 131 Å². The van der Waals surface area contributed by atoms with Crippen LogP contribution in [-0.2, 0) is 0 Å². The summed E-state index contributed by atoms with van der Waals surface area (Å²) in [5.74, 6) is -0.923. The Hall–Kier alpha value is -1.95. The topological polar surface area (TPSA) is 41.1 Å². The van der Waals surface area contributed by atoms with Crippen molar-refractivity contribution in [2.75, 3.05) is 7.05 Å². The van der Waals surface area contributed by atoms with Crippen molar-refractivity contribution in [3.05, 3.63) is 40.8 Å². The molecule has 1 unspecified atom stereocenters. The average molecular weight is 324 g/mol. The molecule has 1 aromatic carbocycles. The predicted molar refractivity (Wildman–Crippen MR) is 78.2 cm³/mol. The summed E-state index contributed by atoms with van der Waals surface area (Å²) in [6.45, 7) is 4.05. The number of aromatic nitrogens is 2. The van der Waals surface area contributed by atoms with Crippen molar-refractivity contribution in [2.24, 2.45) is 11.0 Å². The third kappa shape index (κ3) is 2.37. The van der Waals surface area contributed by atoms with E-state index in [1.807, 2.05) is 13.8 Å². The van der Waals surface area contributed by atoms with Gasteiger partial charge in [0, 0.05) is 11.5 Å². The van der Waals surface area contributed by atoms with Crippen LogP contribution in [0.25, 0.3) is 11.3 Å². The first-order valence-electron chi connectivity index (χ1n) is 6.85. The molecule has 0 amide bonds. The van der Waals surface area contributed by atoms with Gasteiger partial charge in [-0.25, -0.2) is 18.7 Å². The van der Waals surface area contributed by atoms with E-state index in [0.29, 0.717) is 11.3 Å². The number of benzene rings is 1. The summed E-state index contributed by atoms with van der Waals surface area (Å²) in [5, 5.41) is 4.15. The molecule has 0 bridgehead atoms. The van der Waals surface area contributed by atoms with Gasteiger partial charge in [-0.2, -0.15) is 0 Å². The molecule has 7 heteroatoms. The smallest absolute Gasteiger partial charge is 0.223 e. The lowest BCUT2D eigenvalue weighted by atomic mass is 9.93. The summed E-state index contributed by atoms with van der Waals surface area (Å²) >= 11 is 5.72. The molecule has 0 saturated heterocycles. The Morgan fingerprint density at radius 2 is 1.95 bits per heavy atom. The number of azo groups is 2. The molecule has 0 aliphatic carbocycles. The lowest BCUT2D eigenvalue weighted by Gasteiger charge is -2.12. The van der Waals surface area contributed by atoms with Crippen LogP contribution in [0.2, 0.25) is 5.28 Å². The average Bonchev–Trinajstić information content (AvgIpc) is 2.78. The first kappa shape index (κ1) is 15.0. The summed E-state index contributed by atoms with van der Waals surface area (Å²) in [7, 11) is 1.80. The van der Waals surface area contributed by atoms with Crippen LogP contribution < -0.4 is 0 Å². The van der Waals surface area contributed by atoms with Crippen LogP contribution in [-0.4, -0.2) is 21.7 Å². The van der Waals surface area contributed by atoms with Gasteiger partial charge < -0.3 is 0 Å². The third-order valence-electron chi connectivity index (χ3n) is 3.69. The van der Waals surface area contributed by atoms with E-state index in [1.165, 1.54) is 6.07 Å². The lowest BCUT2D eigenvalue weighted by Crippen LogP contribution is -2.14. The quantitative estimate of drug-likeness (QED) is 0.602. The van der Waals surface area contributed by atoms with Crippen LogP contribution in [0.1, 0.15) is 25.5 Å². The summed E-state index contributed by atoms with van der Waals surface area (Å²) < 4.78 is 30.0.